The van der Waals surface area contributed by atoms with Gasteiger partial charge in [0.05, 0.1) is 11.5 Å². The van der Waals surface area contributed by atoms with Crippen LogP contribution in [0.3, 0.4) is 0 Å². The van der Waals surface area contributed by atoms with E-state index in [2.05, 4.69) is 10.3 Å². The first kappa shape index (κ1) is 18.1. The normalized spacial score (nSPS) is 11.7. The maximum Gasteiger partial charge on any atom is 0.433 e. The third-order valence-corrected chi connectivity index (χ3v) is 4.26. The molecule has 2 heterocycles. The van der Waals surface area contributed by atoms with Crippen LogP contribution in [0.5, 0.6) is 0 Å². The van der Waals surface area contributed by atoms with Gasteiger partial charge < -0.3 is 15.2 Å². The second-order valence-electron chi connectivity index (χ2n) is 4.81. The molecule has 1 amide bonds. The first-order valence-electron chi connectivity index (χ1n) is 6.75. The molecule has 6 nitrogen and oxygen atoms in total. The maximum atomic E-state index is 12.7. The monoisotopic (exact) mass is 362 g/mol. The van der Waals surface area contributed by atoms with E-state index in [1.807, 2.05) is 0 Å². The maximum absolute atomic E-state index is 12.7. The fraction of sp³-hybridized carbons (Fsp3) is 0.357. The molecule has 2 N–H and O–H groups in total. The first-order chi connectivity index (χ1) is 11.2. The minimum absolute atomic E-state index is 0.0124. The van der Waals surface area contributed by atoms with Gasteiger partial charge in [-0.15, -0.1) is 11.3 Å². The Morgan fingerprint density at radius 3 is 2.71 bits per heavy atom. The molecule has 0 radical (unpaired) electrons. The van der Waals surface area contributed by atoms with Gasteiger partial charge in [0.2, 0.25) is 0 Å². The number of alkyl halides is 3. The van der Waals surface area contributed by atoms with E-state index in [-0.39, 0.29) is 22.9 Å². The number of pyridine rings is 1. The summed E-state index contributed by atoms with van der Waals surface area (Å²) >= 11 is 0.873. The van der Waals surface area contributed by atoms with Gasteiger partial charge in [-0.25, -0.2) is 9.78 Å². The van der Waals surface area contributed by atoms with Crippen LogP contribution in [0.1, 0.15) is 20.9 Å². The average Bonchev–Trinajstić information content (AvgIpc) is 2.82. The van der Waals surface area contributed by atoms with Crippen molar-refractivity contribution in [3.63, 3.8) is 0 Å². The summed E-state index contributed by atoms with van der Waals surface area (Å²) in [5.74, 6) is -1.59. The van der Waals surface area contributed by atoms with Gasteiger partial charge in [-0.2, -0.15) is 13.2 Å². The molecule has 24 heavy (non-hydrogen) atoms. The molecule has 0 bridgehead atoms. The zero-order valence-electron chi connectivity index (χ0n) is 12.4. The van der Waals surface area contributed by atoms with Crippen LogP contribution in [-0.2, 0) is 15.7 Å². The standard InChI is InChI=1S/C14H13F3N2O4S/c1-7-8-2-3-9(14(15,16)17)19-13(8)24-11(7)12(22)18-4-5-23-6-10(20)21/h2-3H,4-6H2,1H3,(H,18,22)(H,20,21). The second kappa shape index (κ2) is 7.14. The largest absolute Gasteiger partial charge is 0.480 e. The molecule has 0 aliphatic rings. The lowest BCUT2D eigenvalue weighted by Crippen LogP contribution is -2.27. The van der Waals surface area contributed by atoms with Gasteiger partial charge in [0.25, 0.3) is 5.91 Å². The van der Waals surface area contributed by atoms with Crippen molar-refractivity contribution in [2.24, 2.45) is 0 Å². The van der Waals surface area contributed by atoms with E-state index in [4.69, 9.17) is 9.84 Å². The molecule has 0 aromatic carbocycles. The van der Waals surface area contributed by atoms with Crippen molar-refractivity contribution in [3.05, 3.63) is 28.3 Å². The highest BCUT2D eigenvalue weighted by Crippen LogP contribution is 2.34. The Balaban J connectivity index is 2.10. The van der Waals surface area contributed by atoms with Crippen LogP contribution in [0, 0.1) is 6.92 Å². The zero-order valence-corrected chi connectivity index (χ0v) is 13.3. The lowest BCUT2D eigenvalue weighted by molar-refractivity contribution is -0.142. The molecule has 10 heteroatoms. The highest BCUT2D eigenvalue weighted by Gasteiger charge is 2.33. The number of carboxylic acid groups (broad SMARTS) is 1. The summed E-state index contributed by atoms with van der Waals surface area (Å²) in [6.45, 7) is 1.25. The van der Waals surface area contributed by atoms with Gasteiger partial charge in [-0.3, -0.25) is 4.79 Å². The number of carboxylic acids is 1. The number of thiophene rings is 1. The summed E-state index contributed by atoms with van der Waals surface area (Å²) in [5, 5.41) is 11.4. The van der Waals surface area contributed by atoms with E-state index in [1.165, 1.54) is 6.07 Å². The van der Waals surface area contributed by atoms with Crippen molar-refractivity contribution >= 4 is 33.4 Å². The van der Waals surface area contributed by atoms with Crippen molar-refractivity contribution in [2.75, 3.05) is 19.8 Å². The SMILES string of the molecule is Cc1c(C(=O)NCCOCC(=O)O)sc2nc(C(F)(F)F)ccc12. The number of carbonyl (C=O) groups is 2. The fourth-order valence-electron chi connectivity index (χ4n) is 1.95. The number of halogens is 3. The van der Waals surface area contributed by atoms with E-state index in [0.717, 1.165) is 17.4 Å². The van der Waals surface area contributed by atoms with Crippen molar-refractivity contribution in [1.29, 1.82) is 0 Å². The van der Waals surface area contributed by atoms with E-state index in [0.29, 0.717) is 10.9 Å². The Labute approximate surface area is 138 Å². The minimum Gasteiger partial charge on any atom is -0.480 e. The number of hydrogen-bond donors (Lipinski definition) is 2. The molecule has 2 aromatic rings. The van der Waals surface area contributed by atoms with Crippen LogP contribution >= 0.6 is 11.3 Å². The highest BCUT2D eigenvalue weighted by atomic mass is 32.1. The number of ether oxygens (including phenoxy) is 1. The predicted molar refractivity (Wildman–Crippen MR) is 80.1 cm³/mol. The molecule has 0 saturated heterocycles. The number of amides is 1. The summed E-state index contributed by atoms with van der Waals surface area (Å²) < 4.78 is 42.8. The van der Waals surface area contributed by atoms with E-state index in [9.17, 15) is 22.8 Å². The Kier molecular flexibility index (Phi) is 5.40. The average molecular weight is 362 g/mol. The molecule has 0 unspecified atom stereocenters. The molecule has 0 aliphatic heterocycles. The quantitative estimate of drug-likeness (QED) is 0.771. The summed E-state index contributed by atoms with van der Waals surface area (Å²) in [6, 6.07) is 2.17. The number of rotatable bonds is 6. The third kappa shape index (κ3) is 4.20. The Bertz CT molecular complexity index is 773. The van der Waals surface area contributed by atoms with Gasteiger partial charge in [0, 0.05) is 11.9 Å². The van der Waals surface area contributed by atoms with Crippen LogP contribution in [0.4, 0.5) is 13.2 Å². The lowest BCUT2D eigenvalue weighted by Gasteiger charge is -2.04. The van der Waals surface area contributed by atoms with Crippen molar-refractivity contribution < 1.29 is 32.6 Å². The zero-order chi connectivity index (χ0) is 17.9. The number of aromatic nitrogens is 1. The number of nitrogens with zero attached hydrogens (tertiary/aromatic N) is 1. The van der Waals surface area contributed by atoms with E-state index in [1.54, 1.807) is 6.92 Å². The topological polar surface area (TPSA) is 88.5 Å². The molecule has 2 rings (SSSR count). The summed E-state index contributed by atoms with van der Waals surface area (Å²) in [5.41, 5.74) is -0.467. The summed E-state index contributed by atoms with van der Waals surface area (Å²) in [4.78, 5) is 26.3. The number of fused-ring (bicyclic) bond motifs is 1. The van der Waals surface area contributed by atoms with Gasteiger partial charge in [-0.05, 0) is 24.6 Å². The molecule has 130 valence electrons. The number of aliphatic carboxylic acids is 1. The van der Waals surface area contributed by atoms with Crippen LogP contribution in [0.2, 0.25) is 0 Å². The van der Waals surface area contributed by atoms with Crippen LogP contribution < -0.4 is 5.32 Å². The van der Waals surface area contributed by atoms with Crippen LogP contribution in [-0.4, -0.2) is 41.7 Å². The summed E-state index contributed by atoms with van der Waals surface area (Å²) in [6.07, 6.45) is -4.55. The van der Waals surface area contributed by atoms with Gasteiger partial charge in [0.15, 0.2) is 0 Å². The third-order valence-electron chi connectivity index (χ3n) is 3.06. The van der Waals surface area contributed by atoms with Gasteiger partial charge >= 0.3 is 12.1 Å². The van der Waals surface area contributed by atoms with E-state index >= 15 is 0 Å². The van der Waals surface area contributed by atoms with Crippen molar-refractivity contribution in [2.45, 2.75) is 13.1 Å². The van der Waals surface area contributed by atoms with Crippen LogP contribution in [0.15, 0.2) is 12.1 Å². The number of hydrogen-bond acceptors (Lipinski definition) is 5. The Morgan fingerprint density at radius 1 is 1.38 bits per heavy atom. The minimum atomic E-state index is -4.55. The molecular formula is C14H13F3N2O4S. The smallest absolute Gasteiger partial charge is 0.433 e. The molecule has 0 fully saturated rings. The molecule has 0 spiro atoms. The second-order valence-corrected chi connectivity index (χ2v) is 5.80. The Morgan fingerprint density at radius 2 is 2.08 bits per heavy atom. The summed E-state index contributed by atoms with van der Waals surface area (Å²) in [7, 11) is 0. The van der Waals surface area contributed by atoms with Crippen LogP contribution in [0.25, 0.3) is 10.2 Å². The highest BCUT2D eigenvalue weighted by molar-refractivity contribution is 7.20. The van der Waals surface area contributed by atoms with E-state index < -0.39 is 30.4 Å². The predicted octanol–water partition coefficient (Wildman–Crippen LogP) is 2.45. The van der Waals surface area contributed by atoms with Gasteiger partial charge in [-0.1, -0.05) is 0 Å². The lowest BCUT2D eigenvalue weighted by atomic mass is 10.2. The Hall–Kier alpha value is -2.20. The molecular weight excluding hydrogens is 349 g/mol. The van der Waals surface area contributed by atoms with Gasteiger partial charge in [0.1, 0.15) is 17.1 Å². The first-order valence-corrected chi connectivity index (χ1v) is 7.57. The number of aryl methyl sites for hydroxylation is 1. The molecule has 0 saturated carbocycles. The molecule has 0 atom stereocenters. The van der Waals surface area contributed by atoms with Crippen molar-refractivity contribution in [1.82, 2.24) is 10.3 Å². The molecule has 0 aliphatic carbocycles. The van der Waals surface area contributed by atoms with Crippen molar-refractivity contribution in [3.8, 4) is 0 Å². The number of carbonyl (C=O) groups excluding carboxylic acids is 1. The molecule has 2 aromatic heterocycles. The number of nitrogens with one attached hydrogen (secondary N) is 1. The fourth-order valence-corrected chi connectivity index (χ4v) is 3.05.